The quantitative estimate of drug-likeness (QED) is 0.687. The van der Waals surface area contributed by atoms with Crippen LogP contribution in [0.15, 0.2) is 40.9 Å². The van der Waals surface area contributed by atoms with Gasteiger partial charge in [0.25, 0.3) is 0 Å². The number of benzene rings is 1. The summed E-state index contributed by atoms with van der Waals surface area (Å²) in [7, 11) is 0. The smallest absolute Gasteiger partial charge is 0.0181 e. The SMILES string of the molecule is Cc1ccc(Br)cc1C1=CCCC=C1. The number of hydrogen-bond acceptors (Lipinski definition) is 0. The molecule has 0 amide bonds. The Bertz CT molecular complexity index is 400. The van der Waals surface area contributed by atoms with E-state index in [0.29, 0.717) is 0 Å². The van der Waals surface area contributed by atoms with Crippen LogP contribution in [0.25, 0.3) is 5.57 Å². The van der Waals surface area contributed by atoms with Gasteiger partial charge in [-0.05, 0) is 48.6 Å². The molecule has 0 unspecified atom stereocenters. The molecule has 1 aliphatic rings. The summed E-state index contributed by atoms with van der Waals surface area (Å²) in [5.41, 5.74) is 4.04. The van der Waals surface area contributed by atoms with Crippen molar-refractivity contribution in [3.05, 3.63) is 52.0 Å². The molecule has 1 aromatic carbocycles. The second kappa shape index (κ2) is 4.14. The zero-order chi connectivity index (χ0) is 9.97. The van der Waals surface area contributed by atoms with Gasteiger partial charge in [0.2, 0.25) is 0 Å². The lowest BCUT2D eigenvalue weighted by Gasteiger charge is -2.10. The number of allylic oxidation sites excluding steroid dienone is 4. The third-order valence-corrected chi connectivity index (χ3v) is 3.00. The van der Waals surface area contributed by atoms with Crippen LogP contribution in [-0.2, 0) is 0 Å². The first-order chi connectivity index (χ1) is 6.77. The van der Waals surface area contributed by atoms with Crippen molar-refractivity contribution >= 4 is 21.5 Å². The lowest BCUT2D eigenvalue weighted by atomic mass is 9.96. The maximum absolute atomic E-state index is 3.51. The minimum atomic E-state index is 1.15. The van der Waals surface area contributed by atoms with Gasteiger partial charge in [-0.1, -0.05) is 40.2 Å². The first-order valence-electron chi connectivity index (χ1n) is 4.90. The normalized spacial score (nSPS) is 15.4. The van der Waals surface area contributed by atoms with Crippen LogP contribution in [0.5, 0.6) is 0 Å². The van der Waals surface area contributed by atoms with Gasteiger partial charge in [-0.3, -0.25) is 0 Å². The minimum Gasteiger partial charge on any atom is -0.0836 e. The summed E-state index contributed by atoms with van der Waals surface area (Å²) in [4.78, 5) is 0. The van der Waals surface area contributed by atoms with Crippen LogP contribution in [0.2, 0.25) is 0 Å². The zero-order valence-corrected chi connectivity index (χ0v) is 9.84. The van der Waals surface area contributed by atoms with E-state index in [1.807, 2.05) is 0 Å². The Kier molecular flexibility index (Phi) is 2.87. The standard InChI is InChI=1S/C13H13Br/c1-10-7-8-12(14)9-13(10)11-5-3-2-4-6-11/h3,5-9H,2,4H2,1H3. The molecule has 0 saturated carbocycles. The van der Waals surface area contributed by atoms with Crippen LogP contribution in [0, 0.1) is 6.92 Å². The summed E-state index contributed by atoms with van der Waals surface area (Å²) in [6, 6.07) is 6.44. The molecule has 2 rings (SSSR count). The summed E-state index contributed by atoms with van der Waals surface area (Å²) in [5, 5.41) is 0. The predicted molar refractivity (Wildman–Crippen MR) is 65.2 cm³/mol. The molecule has 0 nitrogen and oxygen atoms in total. The highest BCUT2D eigenvalue weighted by Crippen LogP contribution is 2.26. The lowest BCUT2D eigenvalue weighted by molar-refractivity contribution is 1.04. The fourth-order valence-electron chi connectivity index (χ4n) is 1.72. The molecule has 72 valence electrons. The molecule has 0 aromatic heterocycles. The van der Waals surface area contributed by atoms with E-state index in [1.54, 1.807) is 0 Å². The largest absolute Gasteiger partial charge is 0.0836 e. The van der Waals surface area contributed by atoms with Crippen LogP contribution in [0.1, 0.15) is 24.0 Å². The lowest BCUT2D eigenvalue weighted by Crippen LogP contribution is -1.89. The van der Waals surface area contributed by atoms with Crippen molar-refractivity contribution in [1.29, 1.82) is 0 Å². The summed E-state index contributed by atoms with van der Waals surface area (Å²) in [6.07, 6.45) is 9.12. The summed E-state index contributed by atoms with van der Waals surface area (Å²) < 4.78 is 1.15. The molecule has 0 radical (unpaired) electrons. The third kappa shape index (κ3) is 1.98. The van der Waals surface area contributed by atoms with Crippen molar-refractivity contribution in [3.63, 3.8) is 0 Å². The van der Waals surface area contributed by atoms with E-state index < -0.39 is 0 Å². The maximum Gasteiger partial charge on any atom is 0.0181 e. The van der Waals surface area contributed by atoms with E-state index in [-0.39, 0.29) is 0 Å². The Morgan fingerprint density at radius 1 is 1.21 bits per heavy atom. The minimum absolute atomic E-state index is 1.15. The topological polar surface area (TPSA) is 0 Å². The molecule has 0 spiro atoms. The maximum atomic E-state index is 3.51. The van der Waals surface area contributed by atoms with Crippen molar-refractivity contribution in [2.75, 3.05) is 0 Å². The number of aryl methyl sites for hydroxylation is 1. The molecule has 1 aromatic rings. The number of rotatable bonds is 1. The van der Waals surface area contributed by atoms with Crippen molar-refractivity contribution < 1.29 is 0 Å². The molecule has 0 heterocycles. The molecule has 0 saturated heterocycles. The molecular formula is C13H13Br. The van der Waals surface area contributed by atoms with Crippen LogP contribution < -0.4 is 0 Å². The van der Waals surface area contributed by atoms with Gasteiger partial charge in [0.15, 0.2) is 0 Å². The zero-order valence-electron chi connectivity index (χ0n) is 8.26. The average molecular weight is 249 g/mol. The van der Waals surface area contributed by atoms with E-state index in [9.17, 15) is 0 Å². The van der Waals surface area contributed by atoms with Gasteiger partial charge in [0, 0.05) is 4.47 Å². The summed E-state index contributed by atoms with van der Waals surface area (Å²) in [6.45, 7) is 2.16. The van der Waals surface area contributed by atoms with E-state index in [2.05, 4.69) is 59.3 Å². The highest BCUT2D eigenvalue weighted by atomic mass is 79.9. The molecule has 1 heteroatoms. The van der Waals surface area contributed by atoms with Crippen LogP contribution in [0.4, 0.5) is 0 Å². The highest BCUT2D eigenvalue weighted by molar-refractivity contribution is 9.10. The fraction of sp³-hybridized carbons (Fsp3) is 0.231. The van der Waals surface area contributed by atoms with Crippen molar-refractivity contribution in [2.24, 2.45) is 0 Å². The predicted octanol–water partition coefficient (Wildman–Crippen LogP) is 4.49. The van der Waals surface area contributed by atoms with Gasteiger partial charge < -0.3 is 0 Å². The second-order valence-corrected chi connectivity index (χ2v) is 4.51. The Morgan fingerprint density at radius 3 is 2.79 bits per heavy atom. The molecular weight excluding hydrogens is 236 g/mol. The van der Waals surface area contributed by atoms with Gasteiger partial charge in [-0.25, -0.2) is 0 Å². The Labute approximate surface area is 93.5 Å². The molecule has 0 atom stereocenters. The monoisotopic (exact) mass is 248 g/mol. The van der Waals surface area contributed by atoms with Crippen molar-refractivity contribution in [1.82, 2.24) is 0 Å². The first-order valence-corrected chi connectivity index (χ1v) is 5.70. The average Bonchev–Trinajstić information content (AvgIpc) is 2.23. The number of halogens is 1. The Hall–Kier alpha value is -0.820. The third-order valence-electron chi connectivity index (χ3n) is 2.51. The van der Waals surface area contributed by atoms with E-state index >= 15 is 0 Å². The molecule has 0 aliphatic heterocycles. The molecule has 14 heavy (non-hydrogen) atoms. The van der Waals surface area contributed by atoms with E-state index in [0.717, 1.165) is 10.9 Å². The van der Waals surface area contributed by atoms with Crippen molar-refractivity contribution in [3.8, 4) is 0 Å². The molecule has 0 fully saturated rings. The van der Waals surface area contributed by atoms with E-state index in [4.69, 9.17) is 0 Å². The molecule has 0 bridgehead atoms. The van der Waals surface area contributed by atoms with Crippen LogP contribution in [-0.4, -0.2) is 0 Å². The Balaban J connectivity index is 2.44. The van der Waals surface area contributed by atoms with Gasteiger partial charge in [-0.15, -0.1) is 0 Å². The van der Waals surface area contributed by atoms with Gasteiger partial charge >= 0.3 is 0 Å². The fourth-order valence-corrected chi connectivity index (χ4v) is 2.08. The molecule has 0 N–H and O–H groups in total. The van der Waals surface area contributed by atoms with Crippen molar-refractivity contribution in [2.45, 2.75) is 19.8 Å². The van der Waals surface area contributed by atoms with Gasteiger partial charge in [0.05, 0.1) is 0 Å². The Morgan fingerprint density at radius 2 is 2.07 bits per heavy atom. The van der Waals surface area contributed by atoms with E-state index in [1.165, 1.54) is 23.1 Å². The highest BCUT2D eigenvalue weighted by Gasteiger charge is 2.04. The second-order valence-electron chi connectivity index (χ2n) is 3.60. The van der Waals surface area contributed by atoms with Crippen LogP contribution >= 0.6 is 15.9 Å². The van der Waals surface area contributed by atoms with Gasteiger partial charge in [0.1, 0.15) is 0 Å². The summed E-state index contributed by atoms with van der Waals surface area (Å²) in [5.74, 6) is 0. The van der Waals surface area contributed by atoms with Gasteiger partial charge in [-0.2, -0.15) is 0 Å². The first kappa shape index (κ1) is 9.72. The molecule has 1 aliphatic carbocycles. The van der Waals surface area contributed by atoms with Crippen LogP contribution in [0.3, 0.4) is 0 Å². The summed E-state index contributed by atoms with van der Waals surface area (Å²) >= 11 is 3.51. The number of hydrogen-bond donors (Lipinski definition) is 0.